The van der Waals surface area contributed by atoms with Crippen molar-refractivity contribution in [3.63, 3.8) is 0 Å². The van der Waals surface area contributed by atoms with Gasteiger partial charge in [-0.2, -0.15) is 0 Å². The monoisotopic (exact) mass is 341 g/mol. The van der Waals surface area contributed by atoms with Crippen molar-refractivity contribution in [2.24, 2.45) is 5.92 Å². The average molecular weight is 342 g/mol. The van der Waals surface area contributed by atoms with Gasteiger partial charge in [-0.05, 0) is 59.5 Å². The van der Waals surface area contributed by atoms with Crippen LogP contribution in [0.5, 0.6) is 0 Å². The Morgan fingerprint density at radius 1 is 1.24 bits per heavy atom. The molecule has 0 aromatic heterocycles. The van der Waals surface area contributed by atoms with E-state index in [9.17, 15) is 4.79 Å². The molecule has 0 spiro atoms. The molecule has 6 heteroatoms. The van der Waals surface area contributed by atoms with Crippen molar-refractivity contribution in [3.8, 4) is 0 Å². The fourth-order valence-electron chi connectivity index (χ4n) is 2.82. The van der Waals surface area contributed by atoms with E-state index in [1.54, 1.807) is 0 Å². The zero-order valence-electron chi connectivity index (χ0n) is 13.9. The molecule has 1 unspecified atom stereocenters. The minimum absolute atomic E-state index is 0. The third kappa shape index (κ3) is 9.56. The summed E-state index contributed by atoms with van der Waals surface area (Å²) in [7, 11) is 0. The Labute approximate surface area is 142 Å². The number of halogens is 2. The lowest BCUT2D eigenvalue weighted by atomic mass is 10.0. The maximum absolute atomic E-state index is 11.8. The molecule has 0 saturated carbocycles. The molecule has 1 fully saturated rings. The van der Waals surface area contributed by atoms with Crippen molar-refractivity contribution >= 4 is 30.7 Å². The molecular weight excluding hydrogens is 309 g/mol. The van der Waals surface area contributed by atoms with Gasteiger partial charge in [-0.15, -0.1) is 24.8 Å². The molecule has 2 N–H and O–H groups in total. The molecule has 1 atom stereocenters. The van der Waals surface area contributed by atoms with Gasteiger partial charge >= 0.3 is 0 Å². The third-order valence-electron chi connectivity index (χ3n) is 3.96. The van der Waals surface area contributed by atoms with Crippen molar-refractivity contribution in [2.45, 2.75) is 59.0 Å². The molecule has 0 aliphatic carbocycles. The van der Waals surface area contributed by atoms with Crippen LogP contribution in [0, 0.1) is 5.92 Å². The van der Waals surface area contributed by atoms with Crippen molar-refractivity contribution < 1.29 is 4.79 Å². The number of amides is 1. The Balaban J connectivity index is 0. The van der Waals surface area contributed by atoms with Gasteiger partial charge in [0.2, 0.25) is 5.91 Å². The van der Waals surface area contributed by atoms with Gasteiger partial charge in [0.25, 0.3) is 0 Å². The van der Waals surface area contributed by atoms with Gasteiger partial charge in [-0.1, -0.05) is 0 Å². The summed E-state index contributed by atoms with van der Waals surface area (Å²) in [5, 5.41) is 6.39. The first-order valence-corrected chi connectivity index (χ1v) is 7.74. The van der Waals surface area contributed by atoms with Crippen LogP contribution in [-0.2, 0) is 4.79 Å². The van der Waals surface area contributed by atoms with E-state index in [-0.39, 0.29) is 30.7 Å². The number of nitrogens with zero attached hydrogens (tertiary/aromatic N) is 1. The van der Waals surface area contributed by atoms with Crippen LogP contribution in [0.15, 0.2) is 0 Å². The highest BCUT2D eigenvalue weighted by molar-refractivity contribution is 5.85. The first-order valence-electron chi connectivity index (χ1n) is 7.74. The summed E-state index contributed by atoms with van der Waals surface area (Å²) >= 11 is 0. The summed E-state index contributed by atoms with van der Waals surface area (Å²) in [6.07, 6.45) is 2.92. The first-order chi connectivity index (χ1) is 9.00. The van der Waals surface area contributed by atoms with Gasteiger partial charge in [-0.3, -0.25) is 9.69 Å². The molecule has 1 saturated heterocycles. The maximum Gasteiger partial charge on any atom is 0.220 e. The summed E-state index contributed by atoms with van der Waals surface area (Å²) in [5.41, 5.74) is 0. The molecule has 21 heavy (non-hydrogen) atoms. The molecule has 4 nitrogen and oxygen atoms in total. The molecule has 1 amide bonds. The van der Waals surface area contributed by atoms with Crippen molar-refractivity contribution in [1.82, 2.24) is 15.5 Å². The molecule has 128 valence electrons. The Morgan fingerprint density at radius 3 is 2.33 bits per heavy atom. The first kappa shape index (κ1) is 23.2. The summed E-state index contributed by atoms with van der Waals surface area (Å²) in [5.74, 6) is 0.910. The van der Waals surface area contributed by atoms with Crippen LogP contribution in [-0.4, -0.2) is 49.1 Å². The predicted octanol–water partition coefficient (Wildman–Crippen LogP) is 2.45. The summed E-state index contributed by atoms with van der Waals surface area (Å²) < 4.78 is 0. The van der Waals surface area contributed by atoms with E-state index in [1.807, 2.05) is 0 Å². The van der Waals surface area contributed by atoms with Gasteiger partial charge < -0.3 is 10.6 Å². The van der Waals surface area contributed by atoms with Gasteiger partial charge in [-0.25, -0.2) is 0 Å². The second-order valence-corrected chi connectivity index (χ2v) is 6.17. The smallest absolute Gasteiger partial charge is 0.220 e. The Bertz CT molecular complexity index is 262. The lowest BCUT2D eigenvalue weighted by molar-refractivity contribution is -0.121. The summed E-state index contributed by atoms with van der Waals surface area (Å²) in [4.78, 5) is 14.2. The molecule has 1 heterocycles. The van der Waals surface area contributed by atoms with E-state index < -0.39 is 0 Å². The van der Waals surface area contributed by atoms with Crippen molar-refractivity contribution in [3.05, 3.63) is 0 Å². The lowest BCUT2D eigenvalue weighted by Crippen LogP contribution is -2.42. The van der Waals surface area contributed by atoms with Gasteiger partial charge in [0, 0.05) is 31.6 Å². The quantitative estimate of drug-likeness (QED) is 0.712. The zero-order valence-corrected chi connectivity index (χ0v) is 15.5. The standard InChI is InChI=1S/C15H31N3O.2ClH/c1-12(2)18(13(3)4)10-9-17-15(19)6-5-14-7-8-16-11-14;;/h12-14,16H,5-11H2,1-4H3,(H,17,19);2*1H. The highest BCUT2D eigenvalue weighted by atomic mass is 35.5. The van der Waals surface area contributed by atoms with E-state index in [0.717, 1.165) is 32.6 Å². The number of hydrogen-bond donors (Lipinski definition) is 2. The molecule has 1 aliphatic rings. The van der Waals surface area contributed by atoms with Crippen LogP contribution in [0.2, 0.25) is 0 Å². The summed E-state index contributed by atoms with van der Waals surface area (Å²) in [6.45, 7) is 12.7. The van der Waals surface area contributed by atoms with Crippen LogP contribution in [0.3, 0.4) is 0 Å². The largest absolute Gasteiger partial charge is 0.355 e. The number of carbonyl (C=O) groups is 1. The second-order valence-electron chi connectivity index (χ2n) is 6.17. The molecule has 1 aliphatic heterocycles. The average Bonchev–Trinajstić information content (AvgIpc) is 2.84. The van der Waals surface area contributed by atoms with Gasteiger partial charge in [0.1, 0.15) is 0 Å². The minimum atomic E-state index is 0. The molecule has 0 radical (unpaired) electrons. The maximum atomic E-state index is 11.8. The molecule has 0 aromatic carbocycles. The van der Waals surface area contributed by atoms with E-state index in [2.05, 4.69) is 43.2 Å². The Kier molecular flexibility index (Phi) is 13.8. The minimum Gasteiger partial charge on any atom is -0.355 e. The second kappa shape index (κ2) is 12.5. The van der Waals surface area contributed by atoms with E-state index >= 15 is 0 Å². The Morgan fingerprint density at radius 2 is 1.86 bits per heavy atom. The normalized spacial score (nSPS) is 17.8. The van der Waals surface area contributed by atoms with Crippen LogP contribution >= 0.6 is 24.8 Å². The number of rotatable bonds is 8. The Hall–Kier alpha value is -0.0300. The third-order valence-corrected chi connectivity index (χ3v) is 3.96. The van der Waals surface area contributed by atoms with E-state index in [1.165, 1.54) is 6.42 Å². The van der Waals surface area contributed by atoms with Crippen molar-refractivity contribution in [1.29, 1.82) is 0 Å². The molecule has 0 aromatic rings. The van der Waals surface area contributed by atoms with E-state index in [4.69, 9.17) is 0 Å². The van der Waals surface area contributed by atoms with Crippen LogP contribution < -0.4 is 10.6 Å². The zero-order chi connectivity index (χ0) is 14.3. The number of carbonyl (C=O) groups excluding carboxylic acids is 1. The van der Waals surface area contributed by atoms with Gasteiger partial charge in [0.15, 0.2) is 0 Å². The molecule has 0 bridgehead atoms. The topological polar surface area (TPSA) is 44.4 Å². The fraction of sp³-hybridized carbons (Fsp3) is 0.933. The van der Waals surface area contributed by atoms with Crippen LogP contribution in [0.1, 0.15) is 47.0 Å². The molecule has 1 rings (SSSR count). The summed E-state index contributed by atoms with van der Waals surface area (Å²) in [6, 6.07) is 1.06. The van der Waals surface area contributed by atoms with Gasteiger partial charge in [0.05, 0.1) is 0 Å². The predicted molar refractivity (Wildman–Crippen MR) is 94.7 cm³/mol. The highest BCUT2D eigenvalue weighted by Gasteiger charge is 2.16. The number of nitrogens with one attached hydrogen (secondary N) is 2. The van der Waals surface area contributed by atoms with Crippen molar-refractivity contribution in [2.75, 3.05) is 26.2 Å². The van der Waals surface area contributed by atoms with E-state index in [0.29, 0.717) is 24.4 Å². The lowest BCUT2D eigenvalue weighted by Gasteiger charge is -2.30. The fourth-order valence-corrected chi connectivity index (χ4v) is 2.82. The van der Waals surface area contributed by atoms with Crippen LogP contribution in [0.4, 0.5) is 0 Å². The van der Waals surface area contributed by atoms with Crippen LogP contribution in [0.25, 0.3) is 0 Å². The highest BCUT2D eigenvalue weighted by Crippen LogP contribution is 2.13. The SMILES string of the molecule is CC(C)N(CCNC(=O)CCC1CCNC1)C(C)C.Cl.Cl. The molecular formula is C15H33Cl2N3O. The number of hydrogen-bond acceptors (Lipinski definition) is 3.